The lowest BCUT2D eigenvalue weighted by Crippen LogP contribution is -2.16. The van der Waals surface area contributed by atoms with Crippen LogP contribution >= 0.6 is 0 Å². The van der Waals surface area contributed by atoms with E-state index in [1.54, 1.807) is 12.4 Å². The lowest BCUT2D eigenvalue weighted by atomic mass is 10.1. The van der Waals surface area contributed by atoms with Crippen LogP contribution in [-0.4, -0.2) is 16.1 Å². The average molecular weight is 261 g/mol. The van der Waals surface area contributed by atoms with Crippen molar-refractivity contribution in [3.8, 4) is 5.69 Å². The molecule has 1 heterocycles. The molecule has 1 N–H and O–H groups in total. The molecular weight excluding hydrogens is 241 g/mol. The number of rotatable bonds is 5. The Morgan fingerprint density at radius 2 is 2.11 bits per heavy atom. The predicted octanol–water partition coefficient (Wildman–Crippen LogP) is 3.13. The molecule has 0 saturated heterocycles. The minimum Gasteiger partial charge on any atom is -0.313 e. The van der Waals surface area contributed by atoms with Gasteiger partial charge < -0.3 is 9.88 Å². The van der Waals surface area contributed by atoms with Crippen molar-refractivity contribution in [2.45, 2.75) is 33.7 Å². The van der Waals surface area contributed by atoms with E-state index in [0.29, 0.717) is 12.2 Å². The van der Waals surface area contributed by atoms with E-state index in [-0.39, 0.29) is 5.82 Å². The Balaban J connectivity index is 2.40. The third-order valence-electron chi connectivity index (χ3n) is 3.31. The van der Waals surface area contributed by atoms with Gasteiger partial charge in [-0.15, -0.1) is 0 Å². The van der Waals surface area contributed by atoms with Crippen LogP contribution in [0.1, 0.15) is 30.3 Å². The maximum Gasteiger partial charge on any atom is 0.147 e. The smallest absolute Gasteiger partial charge is 0.147 e. The Morgan fingerprint density at radius 1 is 1.32 bits per heavy atom. The molecule has 0 saturated carbocycles. The number of halogens is 1. The van der Waals surface area contributed by atoms with Crippen LogP contribution in [0, 0.1) is 19.7 Å². The average Bonchev–Trinajstić information content (AvgIpc) is 2.71. The summed E-state index contributed by atoms with van der Waals surface area (Å²) in [6.45, 7) is 7.60. The molecule has 2 rings (SSSR count). The maximum atomic E-state index is 14.2. The molecule has 1 aromatic carbocycles. The van der Waals surface area contributed by atoms with E-state index < -0.39 is 0 Å². The van der Waals surface area contributed by atoms with Gasteiger partial charge in [0, 0.05) is 12.2 Å². The molecule has 0 aliphatic carbocycles. The van der Waals surface area contributed by atoms with E-state index in [2.05, 4.69) is 17.2 Å². The molecule has 2 aromatic rings. The topological polar surface area (TPSA) is 29.9 Å². The van der Waals surface area contributed by atoms with Gasteiger partial charge in [-0.3, -0.25) is 0 Å². The maximum absolute atomic E-state index is 14.2. The van der Waals surface area contributed by atoms with Crippen LogP contribution < -0.4 is 5.32 Å². The number of imidazole rings is 1. The first-order valence-electron chi connectivity index (χ1n) is 6.64. The van der Waals surface area contributed by atoms with Crippen molar-refractivity contribution in [1.29, 1.82) is 0 Å². The highest BCUT2D eigenvalue weighted by atomic mass is 19.1. The summed E-state index contributed by atoms with van der Waals surface area (Å²) < 4.78 is 16.0. The van der Waals surface area contributed by atoms with E-state index in [4.69, 9.17) is 0 Å². The van der Waals surface area contributed by atoms with Crippen molar-refractivity contribution in [3.05, 3.63) is 47.3 Å². The van der Waals surface area contributed by atoms with Gasteiger partial charge in [-0.2, -0.15) is 0 Å². The van der Waals surface area contributed by atoms with Crippen molar-refractivity contribution >= 4 is 0 Å². The van der Waals surface area contributed by atoms with Crippen molar-refractivity contribution in [2.75, 3.05) is 6.54 Å². The largest absolute Gasteiger partial charge is 0.313 e. The Labute approximate surface area is 113 Å². The highest BCUT2D eigenvalue weighted by Gasteiger charge is 2.13. The summed E-state index contributed by atoms with van der Waals surface area (Å²) in [5, 5.41) is 3.31. The monoisotopic (exact) mass is 261 g/mol. The Morgan fingerprint density at radius 3 is 2.74 bits per heavy atom. The van der Waals surface area contributed by atoms with Crippen LogP contribution in [0.4, 0.5) is 4.39 Å². The minimum absolute atomic E-state index is 0.212. The summed E-state index contributed by atoms with van der Waals surface area (Å²) >= 11 is 0. The van der Waals surface area contributed by atoms with Gasteiger partial charge in [-0.25, -0.2) is 9.37 Å². The number of nitrogens with zero attached hydrogens (tertiary/aromatic N) is 2. The van der Waals surface area contributed by atoms with Crippen molar-refractivity contribution < 1.29 is 4.39 Å². The zero-order valence-corrected chi connectivity index (χ0v) is 11.7. The summed E-state index contributed by atoms with van der Waals surface area (Å²) in [5.74, 6) is -0.212. The highest BCUT2D eigenvalue weighted by molar-refractivity contribution is 5.44. The van der Waals surface area contributed by atoms with Crippen LogP contribution in [0.15, 0.2) is 24.5 Å². The third-order valence-corrected chi connectivity index (χ3v) is 3.31. The van der Waals surface area contributed by atoms with Crippen LogP contribution in [-0.2, 0) is 6.54 Å². The molecule has 1 aromatic heterocycles. The van der Waals surface area contributed by atoms with E-state index in [1.165, 1.54) is 6.07 Å². The lowest BCUT2D eigenvalue weighted by molar-refractivity contribution is 0.606. The number of para-hydroxylation sites is 1. The van der Waals surface area contributed by atoms with Crippen LogP contribution in [0.3, 0.4) is 0 Å². The molecule has 0 amide bonds. The summed E-state index contributed by atoms with van der Waals surface area (Å²) in [4.78, 5) is 4.25. The van der Waals surface area contributed by atoms with E-state index >= 15 is 0 Å². The fourth-order valence-electron chi connectivity index (χ4n) is 2.10. The van der Waals surface area contributed by atoms with E-state index in [9.17, 15) is 4.39 Å². The minimum atomic E-state index is -0.212. The third kappa shape index (κ3) is 2.84. The second-order valence-corrected chi connectivity index (χ2v) is 4.71. The first kappa shape index (κ1) is 13.7. The molecule has 0 bridgehead atoms. The second kappa shape index (κ2) is 5.97. The van der Waals surface area contributed by atoms with Crippen LogP contribution in [0.25, 0.3) is 5.69 Å². The quantitative estimate of drug-likeness (QED) is 0.838. The molecular formula is C15H20FN3. The van der Waals surface area contributed by atoms with Gasteiger partial charge in [0.1, 0.15) is 5.82 Å². The molecule has 19 heavy (non-hydrogen) atoms. The number of hydrogen-bond acceptors (Lipinski definition) is 2. The number of aromatic nitrogens is 2. The van der Waals surface area contributed by atoms with Gasteiger partial charge >= 0.3 is 0 Å². The van der Waals surface area contributed by atoms with Crippen LogP contribution in [0.5, 0.6) is 0 Å². The van der Waals surface area contributed by atoms with Crippen LogP contribution in [0.2, 0.25) is 0 Å². The molecule has 0 radical (unpaired) electrons. The van der Waals surface area contributed by atoms with Gasteiger partial charge in [-0.1, -0.05) is 19.1 Å². The fraction of sp³-hybridized carbons (Fsp3) is 0.400. The first-order valence-corrected chi connectivity index (χ1v) is 6.64. The lowest BCUT2D eigenvalue weighted by Gasteiger charge is -2.13. The molecule has 0 spiro atoms. The van der Waals surface area contributed by atoms with Gasteiger partial charge in [0.05, 0.1) is 17.7 Å². The van der Waals surface area contributed by atoms with Gasteiger partial charge in [0.2, 0.25) is 0 Å². The molecule has 0 aliphatic rings. The number of nitrogens with one attached hydrogen (secondary N) is 1. The van der Waals surface area contributed by atoms with Crippen molar-refractivity contribution in [1.82, 2.24) is 14.9 Å². The van der Waals surface area contributed by atoms with E-state index in [1.807, 2.05) is 24.5 Å². The van der Waals surface area contributed by atoms with Crippen molar-refractivity contribution in [3.63, 3.8) is 0 Å². The predicted molar refractivity (Wildman–Crippen MR) is 75.0 cm³/mol. The summed E-state index contributed by atoms with van der Waals surface area (Å²) in [5.41, 5.74) is 3.45. The second-order valence-electron chi connectivity index (χ2n) is 4.71. The number of benzene rings is 1. The first-order chi connectivity index (χ1) is 9.15. The molecule has 0 aliphatic heterocycles. The van der Waals surface area contributed by atoms with Gasteiger partial charge in [0.15, 0.2) is 0 Å². The fourth-order valence-corrected chi connectivity index (χ4v) is 2.10. The summed E-state index contributed by atoms with van der Waals surface area (Å²) in [7, 11) is 0. The molecule has 102 valence electrons. The molecule has 4 heteroatoms. The Kier molecular flexibility index (Phi) is 4.32. The van der Waals surface area contributed by atoms with Gasteiger partial charge in [-0.05, 0) is 38.4 Å². The van der Waals surface area contributed by atoms with E-state index in [0.717, 1.165) is 29.9 Å². The summed E-state index contributed by atoms with van der Waals surface area (Å²) in [6.07, 6.45) is 2.75. The SMILES string of the molecule is CCCNCc1cccc(F)c1-n1cnc(C)c1C. The number of aryl methyl sites for hydroxylation is 1. The standard InChI is InChI=1S/C15H20FN3/c1-4-8-17-9-13-6-5-7-14(16)15(13)19-10-18-11(2)12(19)3/h5-7,10,17H,4,8-9H2,1-3H3. The summed E-state index contributed by atoms with van der Waals surface area (Å²) in [6, 6.07) is 5.20. The Bertz CT molecular complexity index is 561. The Hall–Kier alpha value is -1.68. The highest BCUT2D eigenvalue weighted by Crippen LogP contribution is 2.21. The molecule has 0 unspecified atom stereocenters. The number of hydrogen-bond donors (Lipinski definition) is 1. The molecule has 0 fully saturated rings. The van der Waals surface area contributed by atoms with Crippen molar-refractivity contribution in [2.24, 2.45) is 0 Å². The normalized spacial score (nSPS) is 10.9. The zero-order chi connectivity index (χ0) is 13.8. The molecule has 3 nitrogen and oxygen atoms in total. The van der Waals surface area contributed by atoms with Gasteiger partial charge in [0.25, 0.3) is 0 Å². The zero-order valence-electron chi connectivity index (χ0n) is 11.7. The molecule has 0 atom stereocenters.